The van der Waals surface area contributed by atoms with Crippen LogP contribution in [0.25, 0.3) is 0 Å². The third-order valence-corrected chi connectivity index (χ3v) is 5.99. The smallest absolute Gasteiger partial charge is 0.258 e. The van der Waals surface area contributed by atoms with E-state index < -0.39 is 17.6 Å². The van der Waals surface area contributed by atoms with Gasteiger partial charge in [-0.3, -0.25) is 15.0 Å². The second-order valence-corrected chi connectivity index (χ2v) is 9.38. The van der Waals surface area contributed by atoms with E-state index in [0.717, 1.165) is 19.0 Å². The van der Waals surface area contributed by atoms with E-state index in [1.54, 1.807) is 36.2 Å². The van der Waals surface area contributed by atoms with Gasteiger partial charge in [-0.1, -0.05) is 23.6 Å². The Balaban J connectivity index is 1.74. The lowest BCUT2D eigenvalue weighted by Crippen LogP contribution is -2.30. The van der Waals surface area contributed by atoms with Crippen LogP contribution in [0.2, 0.25) is 5.02 Å². The van der Waals surface area contributed by atoms with Crippen LogP contribution >= 0.6 is 11.6 Å². The fourth-order valence-electron chi connectivity index (χ4n) is 3.65. The Kier molecular flexibility index (Phi) is 9.61. The van der Waals surface area contributed by atoms with Crippen molar-refractivity contribution in [3.8, 4) is 12.3 Å². The molecule has 0 atom stereocenters. The molecule has 0 aliphatic rings. The van der Waals surface area contributed by atoms with Gasteiger partial charge >= 0.3 is 0 Å². The highest BCUT2D eigenvalue weighted by molar-refractivity contribution is 6.31. The summed E-state index contributed by atoms with van der Waals surface area (Å²) in [5.74, 6) is 0.620. The minimum atomic E-state index is -0.778. The molecule has 0 aromatic heterocycles. The molecule has 196 valence electrons. The second-order valence-electron chi connectivity index (χ2n) is 8.94. The van der Waals surface area contributed by atoms with Crippen molar-refractivity contribution >= 4 is 40.6 Å². The normalized spacial score (nSPS) is 10.6. The average molecular weight is 534 g/mol. The number of hydrogen-bond acceptors (Lipinski definition) is 4. The van der Waals surface area contributed by atoms with Gasteiger partial charge in [0.2, 0.25) is 0 Å². The van der Waals surface area contributed by atoms with Crippen molar-refractivity contribution in [2.24, 2.45) is 0 Å². The van der Waals surface area contributed by atoms with Crippen LogP contribution in [-0.2, 0) is 0 Å². The Morgan fingerprint density at radius 3 is 2.26 bits per heavy atom. The SMILES string of the molecule is C#Cc1ccc(NC(=O)c2cc(Cl)ccc2NC(=O)c2ccc(C(=N)N(C)CCCN(C)C)cc2F)cc1. The number of terminal acetylenes is 1. The molecule has 38 heavy (non-hydrogen) atoms. The number of halogens is 2. The number of amides is 2. The fourth-order valence-corrected chi connectivity index (χ4v) is 3.83. The summed E-state index contributed by atoms with van der Waals surface area (Å²) < 4.78 is 15.0. The maximum atomic E-state index is 15.0. The third kappa shape index (κ3) is 7.42. The molecule has 9 heteroatoms. The average Bonchev–Trinajstić information content (AvgIpc) is 2.89. The molecule has 0 fully saturated rings. The molecule has 0 saturated heterocycles. The van der Waals surface area contributed by atoms with Gasteiger partial charge < -0.3 is 20.4 Å². The van der Waals surface area contributed by atoms with E-state index in [-0.39, 0.29) is 22.6 Å². The van der Waals surface area contributed by atoms with Crippen molar-refractivity contribution in [3.05, 3.63) is 93.8 Å². The standard InChI is InChI=1S/C29H29ClFN5O2/c1-5-19-7-11-22(12-8-19)33-29(38)24-18-21(30)10-14-26(24)34-28(37)23-13-9-20(17-25(23)31)27(32)36(4)16-6-15-35(2)3/h1,7-14,17-18,32H,6,15-16H2,2-4H3,(H,33,38)(H,34,37). The summed E-state index contributed by atoms with van der Waals surface area (Å²) in [6, 6.07) is 15.1. The number of hydrogen-bond donors (Lipinski definition) is 3. The molecule has 2 amide bonds. The molecular formula is C29H29ClFN5O2. The predicted molar refractivity (Wildman–Crippen MR) is 151 cm³/mol. The molecule has 3 aromatic rings. The molecule has 3 rings (SSSR count). The van der Waals surface area contributed by atoms with E-state index in [1.165, 1.54) is 30.3 Å². The molecule has 0 aliphatic carbocycles. The van der Waals surface area contributed by atoms with Gasteiger partial charge in [-0.05, 0) is 81.7 Å². The lowest BCUT2D eigenvalue weighted by atomic mass is 10.1. The quantitative estimate of drug-likeness (QED) is 0.201. The zero-order chi connectivity index (χ0) is 27.8. The van der Waals surface area contributed by atoms with Crippen LogP contribution < -0.4 is 10.6 Å². The van der Waals surface area contributed by atoms with Crippen LogP contribution in [0.3, 0.4) is 0 Å². The largest absolute Gasteiger partial charge is 0.360 e. The summed E-state index contributed by atoms with van der Waals surface area (Å²) in [5, 5.41) is 14.0. The van der Waals surface area contributed by atoms with Gasteiger partial charge in [0.1, 0.15) is 11.7 Å². The Bertz CT molecular complexity index is 1380. The molecule has 0 heterocycles. The third-order valence-electron chi connectivity index (χ3n) is 5.75. The van der Waals surface area contributed by atoms with Crippen molar-refractivity contribution in [1.82, 2.24) is 9.80 Å². The molecule has 0 saturated carbocycles. The molecule has 3 aromatic carbocycles. The van der Waals surface area contributed by atoms with Crippen molar-refractivity contribution in [2.75, 3.05) is 44.9 Å². The van der Waals surface area contributed by atoms with Gasteiger partial charge in [-0.2, -0.15) is 0 Å². The number of benzene rings is 3. The maximum absolute atomic E-state index is 15.0. The molecule has 0 spiro atoms. The van der Waals surface area contributed by atoms with E-state index >= 15 is 0 Å². The van der Waals surface area contributed by atoms with E-state index in [0.29, 0.717) is 28.4 Å². The highest BCUT2D eigenvalue weighted by Crippen LogP contribution is 2.24. The number of amidine groups is 1. The number of nitrogens with one attached hydrogen (secondary N) is 3. The van der Waals surface area contributed by atoms with Crippen LogP contribution in [-0.4, -0.2) is 61.7 Å². The summed E-state index contributed by atoms with van der Waals surface area (Å²) in [6.07, 6.45) is 6.21. The van der Waals surface area contributed by atoms with E-state index in [9.17, 15) is 14.0 Å². The van der Waals surface area contributed by atoms with Gasteiger partial charge in [0, 0.05) is 35.4 Å². The fraction of sp³-hybridized carbons (Fsp3) is 0.207. The summed E-state index contributed by atoms with van der Waals surface area (Å²) in [6.45, 7) is 1.50. The summed E-state index contributed by atoms with van der Waals surface area (Å²) in [7, 11) is 5.72. The molecule has 0 radical (unpaired) electrons. The molecule has 0 bridgehead atoms. The maximum Gasteiger partial charge on any atom is 0.258 e. The number of carbonyl (C=O) groups is 2. The summed E-state index contributed by atoms with van der Waals surface area (Å²) >= 11 is 6.10. The van der Waals surface area contributed by atoms with Crippen molar-refractivity contribution in [2.45, 2.75) is 6.42 Å². The first kappa shape index (κ1) is 28.4. The summed E-state index contributed by atoms with van der Waals surface area (Å²) in [5.41, 5.74) is 1.57. The van der Waals surface area contributed by atoms with Crippen LogP contribution in [0.15, 0.2) is 60.7 Å². The van der Waals surface area contributed by atoms with Gasteiger partial charge in [-0.15, -0.1) is 6.42 Å². The minimum Gasteiger partial charge on any atom is -0.360 e. The van der Waals surface area contributed by atoms with Crippen LogP contribution in [0, 0.1) is 23.6 Å². The van der Waals surface area contributed by atoms with E-state index in [4.69, 9.17) is 23.4 Å². The molecule has 0 aliphatic heterocycles. The van der Waals surface area contributed by atoms with Gasteiger partial charge in [0.25, 0.3) is 11.8 Å². The van der Waals surface area contributed by atoms with Gasteiger partial charge in [0.15, 0.2) is 0 Å². The Morgan fingerprint density at radius 2 is 1.63 bits per heavy atom. The number of anilines is 2. The van der Waals surface area contributed by atoms with Gasteiger partial charge in [-0.25, -0.2) is 4.39 Å². The number of rotatable bonds is 9. The second kappa shape index (κ2) is 12.9. The zero-order valence-corrected chi connectivity index (χ0v) is 22.2. The zero-order valence-electron chi connectivity index (χ0n) is 21.4. The Labute approximate surface area is 227 Å². The van der Waals surface area contributed by atoms with Crippen LogP contribution in [0.1, 0.15) is 38.3 Å². The Hall–Kier alpha value is -4.19. The van der Waals surface area contributed by atoms with Crippen molar-refractivity contribution < 1.29 is 14.0 Å². The minimum absolute atomic E-state index is 0.102. The van der Waals surface area contributed by atoms with Crippen molar-refractivity contribution in [3.63, 3.8) is 0 Å². The lowest BCUT2D eigenvalue weighted by Gasteiger charge is -2.21. The predicted octanol–water partition coefficient (Wildman–Crippen LogP) is 5.17. The molecule has 7 nitrogen and oxygen atoms in total. The van der Waals surface area contributed by atoms with E-state index in [2.05, 4.69) is 21.5 Å². The van der Waals surface area contributed by atoms with Crippen LogP contribution in [0.4, 0.5) is 15.8 Å². The summed E-state index contributed by atoms with van der Waals surface area (Å²) in [4.78, 5) is 29.7. The lowest BCUT2D eigenvalue weighted by molar-refractivity contribution is 0.102. The van der Waals surface area contributed by atoms with Gasteiger partial charge in [0.05, 0.1) is 16.8 Å². The first-order chi connectivity index (χ1) is 18.1. The number of nitrogens with zero attached hydrogens (tertiary/aromatic N) is 2. The van der Waals surface area contributed by atoms with E-state index in [1.807, 2.05) is 14.1 Å². The Morgan fingerprint density at radius 1 is 0.947 bits per heavy atom. The molecule has 0 unspecified atom stereocenters. The van der Waals surface area contributed by atoms with Crippen LogP contribution in [0.5, 0.6) is 0 Å². The highest BCUT2D eigenvalue weighted by atomic mass is 35.5. The number of carbonyl (C=O) groups excluding carboxylic acids is 2. The molecular weight excluding hydrogens is 505 g/mol. The highest BCUT2D eigenvalue weighted by Gasteiger charge is 2.19. The topological polar surface area (TPSA) is 88.5 Å². The first-order valence-corrected chi connectivity index (χ1v) is 12.2. The first-order valence-electron chi connectivity index (χ1n) is 11.8. The van der Waals surface area contributed by atoms with Crippen molar-refractivity contribution in [1.29, 1.82) is 5.41 Å². The monoisotopic (exact) mass is 533 g/mol. The molecule has 3 N–H and O–H groups in total.